The number of carbonyl (C=O) groups is 3. The van der Waals surface area contributed by atoms with Gasteiger partial charge in [0.1, 0.15) is 66.3 Å². The van der Waals surface area contributed by atoms with Crippen molar-refractivity contribution in [1.82, 2.24) is 8.61 Å². The van der Waals surface area contributed by atoms with Gasteiger partial charge >= 0.3 is 17.9 Å². The lowest BCUT2D eigenvalue weighted by molar-refractivity contribution is -0.146. The fourth-order valence-electron chi connectivity index (χ4n) is 10.2. The zero-order valence-electron chi connectivity index (χ0n) is 59.6. The first kappa shape index (κ1) is 87.0. The average Bonchev–Trinajstić information content (AvgIpc) is 1.07. The maximum Gasteiger partial charge on any atom is 0.313 e. The number of nitrogens with zero attached hydrogens (tertiary/aromatic N) is 2. The highest BCUT2D eigenvalue weighted by atomic mass is 35.5. The van der Waals surface area contributed by atoms with Crippen LogP contribution in [0.2, 0.25) is 51.4 Å². The molecule has 17 nitrogen and oxygen atoms in total. The van der Waals surface area contributed by atoms with E-state index in [1.54, 1.807) is 18.2 Å². The third-order valence-electron chi connectivity index (χ3n) is 16.1. The van der Waals surface area contributed by atoms with E-state index in [1.807, 2.05) is 151 Å². The van der Waals surface area contributed by atoms with Gasteiger partial charge in [-0.15, -0.1) is 12.4 Å². The monoisotopic (exact) mass is 1420 g/mol. The Morgan fingerprint density at radius 1 is 0.558 bits per heavy atom. The van der Waals surface area contributed by atoms with Crippen molar-refractivity contribution in [2.24, 2.45) is 17.6 Å². The van der Waals surface area contributed by atoms with E-state index in [0.29, 0.717) is 52.9 Å². The molecule has 3 aromatic rings. The molecule has 4 aliphatic heterocycles. The van der Waals surface area contributed by atoms with Crippen LogP contribution in [0.5, 0.6) is 0 Å². The Kier molecular flexibility index (Phi) is 36.9. The highest BCUT2D eigenvalue weighted by Gasteiger charge is 2.52. The van der Waals surface area contributed by atoms with Crippen LogP contribution in [0.4, 0.5) is 0 Å². The topological polar surface area (TPSA) is 201 Å². The number of halogens is 1. The first-order valence-electron chi connectivity index (χ1n) is 32.9. The van der Waals surface area contributed by atoms with Gasteiger partial charge in [0.25, 0.3) is 0 Å². The molecule has 0 radical (unpaired) electrons. The van der Waals surface area contributed by atoms with Gasteiger partial charge in [0.15, 0.2) is 0 Å². The molecular formula is C73H120ClN3O14S2Si2. The van der Waals surface area contributed by atoms with Gasteiger partial charge in [-0.25, -0.2) is 8.42 Å². The number of carbonyl (C=O) groups excluding carboxylic acids is 3. The molecule has 0 saturated carbocycles. The molecule has 95 heavy (non-hydrogen) atoms. The highest BCUT2D eigenvalue weighted by Crippen LogP contribution is 2.42. The largest absolute Gasteiger partial charge is 0.461 e. The Labute approximate surface area is 585 Å². The van der Waals surface area contributed by atoms with Gasteiger partial charge in [0, 0.05) is 42.6 Å². The number of ether oxygens (including phenoxy) is 9. The van der Waals surface area contributed by atoms with Gasteiger partial charge in [-0.05, 0) is 112 Å². The average molecular weight is 1420 g/mol. The SMILES string of the molecule is C.C1CCOC1.C=CCOC(=O)C(c1ccc(C2(N(COCC[Si](C)(C)C)S(=O)C(C)(C)C)COC2)cc1)C(C)C.C=CCOC(=O)C(c1ccc(C2(N)COC2)cc1)C(C)C.C=CCOC(=O)Cc1ccc(C2(N(COCC[Si](C)(C)C)S(=O)C(C)(C)C)COC2)cc1.Cl. The van der Waals surface area contributed by atoms with Crippen LogP contribution >= 0.6 is 12.4 Å². The minimum Gasteiger partial charge on any atom is -0.461 e. The van der Waals surface area contributed by atoms with E-state index in [0.717, 1.165) is 58.7 Å². The second-order valence-electron chi connectivity index (χ2n) is 29.6. The molecule has 2 N–H and O–H groups in total. The summed E-state index contributed by atoms with van der Waals surface area (Å²) in [5.74, 6) is -1.14. The van der Waals surface area contributed by atoms with Crippen LogP contribution in [-0.4, -0.2) is 160 Å². The van der Waals surface area contributed by atoms with Crippen molar-refractivity contribution in [3.8, 4) is 0 Å². The summed E-state index contributed by atoms with van der Waals surface area (Å²) < 4.78 is 79.4. The van der Waals surface area contributed by atoms with E-state index < -0.39 is 58.7 Å². The molecule has 0 bridgehead atoms. The van der Waals surface area contributed by atoms with Crippen molar-refractivity contribution in [2.45, 2.75) is 185 Å². The molecule has 4 aliphatic rings. The molecule has 0 amide bonds. The summed E-state index contributed by atoms with van der Waals surface area (Å²) in [6.07, 6.45) is 7.47. The third kappa shape index (κ3) is 26.9. The maximum atomic E-state index is 13.7. The fourth-order valence-corrected chi connectivity index (χ4v) is 14.5. The van der Waals surface area contributed by atoms with Crippen LogP contribution in [0.15, 0.2) is 111 Å². The van der Waals surface area contributed by atoms with E-state index in [4.69, 9.17) is 48.4 Å². The Hall–Kier alpha value is -4.05. The quantitative estimate of drug-likeness (QED) is 0.0159. The Morgan fingerprint density at radius 3 is 1.17 bits per heavy atom. The van der Waals surface area contributed by atoms with E-state index in [9.17, 15) is 22.8 Å². The summed E-state index contributed by atoms with van der Waals surface area (Å²) in [6, 6.07) is 25.9. The first-order chi connectivity index (χ1) is 43.6. The van der Waals surface area contributed by atoms with E-state index in [1.165, 1.54) is 12.8 Å². The zero-order chi connectivity index (χ0) is 69.4. The molecule has 0 aromatic heterocycles. The molecule has 22 heteroatoms. The van der Waals surface area contributed by atoms with Crippen molar-refractivity contribution >= 4 is 68.4 Å². The third-order valence-corrected chi connectivity index (χ3v) is 23.3. The first-order valence-corrected chi connectivity index (χ1v) is 42.5. The normalized spacial score (nSPS) is 17.4. The number of hydrogen-bond donors (Lipinski definition) is 1. The summed E-state index contributed by atoms with van der Waals surface area (Å²) in [5, 5.41) is 0. The molecule has 538 valence electrons. The van der Waals surface area contributed by atoms with Gasteiger partial charge in [-0.1, -0.05) is 185 Å². The zero-order valence-corrected chi connectivity index (χ0v) is 64.1. The van der Waals surface area contributed by atoms with Crippen LogP contribution in [0.25, 0.3) is 0 Å². The van der Waals surface area contributed by atoms with Crippen molar-refractivity contribution < 1.29 is 65.4 Å². The van der Waals surface area contributed by atoms with Crippen LogP contribution in [0, 0.1) is 11.8 Å². The summed E-state index contributed by atoms with van der Waals surface area (Å²) in [5.41, 5.74) is 10.6. The smallest absolute Gasteiger partial charge is 0.313 e. The Morgan fingerprint density at radius 2 is 0.895 bits per heavy atom. The standard InChI is InChI=1S/C27H45NO5SSi.C24H39NO5SSi.C17H23NO3.C4H8O.CH4.ClH/c1-10-15-33-25(29)24(21(2)3)22-11-13-23(14-12-22)27(18-32-19-27)28(34(30)26(4,5)6)20-31-16-17-35(7,8)9;1-8-13-30-22(26)16-20-9-11-21(12-10-20)24(17-29-18-24)25(31(27)23(2,3)4)19-28-14-15-32(5,6)7;1-4-9-21-16(19)15(12(2)3)13-5-7-14(8-6-13)17(18)10-20-11-17;1-2-4-5-3-1;;/h10-14,21,24H,1,15-20H2,2-9H3;8-12H,1,13-19H2,2-7H3;4-8,12,15H,1,9-11,18H2,2-3H3;1-4H2;1H4;1H. The molecule has 4 heterocycles. The van der Waals surface area contributed by atoms with Gasteiger partial charge in [0.2, 0.25) is 0 Å². The molecule has 0 spiro atoms. The van der Waals surface area contributed by atoms with Crippen LogP contribution in [-0.2, 0) is 102 Å². The van der Waals surface area contributed by atoms with Crippen LogP contribution in [0.3, 0.4) is 0 Å². The number of nitrogens with two attached hydrogens (primary N) is 1. The lowest BCUT2D eigenvalue weighted by Gasteiger charge is -2.50. The van der Waals surface area contributed by atoms with Crippen molar-refractivity contribution in [3.05, 3.63) is 144 Å². The minimum absolute atomic E-state index is 0. The molecule has 4 fully saturated rings. The second kappa shape index (κ2) is 40.3. The molecule has 4 saturated heterocycles. The number of esters is 3. The van der Waals surface area contributed by atoms with Gasteiger partial charge in [0.05, 0.1) is 72.9 Å². The van der Waals surface area contributed by atoms with Crippen LogP contribution in [0.1, 0.15) is 135 Å². The highest BCUT2D eigenvalue weighted by molar-refractivity contribution is 7.84. The second-order valence-corrected chi connectivity index (χ2v) is 45.1. The Bertz CT molecular complexity index is 2850. The van der Waals surface area contributed by atoms with Gasteiger partial charge in [-0.3, -0.25) is 14.4 Å². The number of hydrogen-bond acceptors (Lipinski definition) is 15. The van der Waals surface area contributed by atoms with Crippen molar-refractivity contribution in [3.63, 3.8) is 0 Å². The lowest BCUT2D eigenvalue weighted by atomic mass is 9.84. The van der Waals surface area contributed by atoms with Gasteiger partial charge < -0.3 is 48.4 Å². The van der Waals surface area contributed by atoms with Crippen LogP contribution < -0.4 is 5.73 Å². The predicted octanol–water partition coefficient (Wildman–Crippen LogP) is 13.9. The summed E-state index contributed by atoms with van der Waals surface area (Å²) >= 11 is 0. The number of benzene rings is 3. The molecular weight excluding hydrogens is 1300 g/mol. The Balaban J connectivity index is 0.000000473. The van der Waals surface area contributed by atoms with E-state index >= 15 is 0 Å². The number of rotatable bonds is 31. The molecule has 4 unspecified atom stereocenters. The molecule has 0 aliphatic carbocycles. The van der Waals surface area contributed by atoms with E-state index in [-0.39, 0.29) is 107 Å². The summed E-state index contributed by atoms with van der Waals surface area (Å²) in [7, 11) is -5.02. The minimum atomic E-state index is -1.29. The summed E-state index contributed by atoms with van der Waals surface area (Å²) in [4.78, 5) is 36.7. The predicted molar refractivity (Wildman–Crippen MR) is 395 cm³/mol. The maximum absolute atomic E-state index is 13.7. The van der Waals surface area contributed by atoms with Crippen molar-refractivity contribution in [2.75, 3.05) is 99.4 Å². The lowest BCUT2D eigenvalue weighted by Crippen LogP contribution is -2.62. The van der Waals surface area contributed by atoms with Gasteiger partial charge in [-0.2, -0.15) is 8.61 Å². The molecule has 7 rings (SSSR count). The van der Waals surface area contributed by atoms with Crippen molar-refractivity contribution in [1.29, 1.82) is 0 Å². The summed E-state index contributed by atoms with van der Waals surface area (Å²) in [6.45, 7) is 52.0. The molecule has 4 atom stereocenters. The fraction of sp³-hybridized carbons (Fsp3) is 0.630. The molecule has 3 aromatic carbocycles. The van der Waals surface area contributed by atoms with E-state index in [2.05, 4.69) is 59.0 Å².